The van der Waals surface area contributed by atoms with Crippen molar-refractivity contribution in [3.63, 3.8) is 0 Å². The van der Waals surface area contributed by atoms with Crippen LogP contribution in [0.3, 0.4) is 0 Å². The molecule has 1 aromatic rings. The van der Waals surface area contributed by atoms with E-state index >= 15 is 0 Å². The van der Waals surface area contributed by atoms with Crippen molar-refractivity contribution in [1.29, 1.82) is 0 Å². The quantitative estimate of drug-likeness (QED) is 0.564. The van der Waals surface area contributed by atoms with Crippen LogP contribution in [0.5, 0.6) is 0 Å². The third-order valence-electron chi connectivity index (χ3n) is 8.75. The van der Waals surface area contributed by atoms with E-state index in [4.69, 9.17) is 21.7 Å². The highest BCUT2D eigenvalue weighted by molar-refractivity contribution is 7.80. The lowest BCUT2D eigenvalue weighted by Gasteiger charge is -2.58. The zero-order chi connectivity index (χ0) is 19.5. The van der Waals surface area contributed by atoms with E-state index in [1.165, 1.54) is 18.4 Å². The monoisotopic (exact) mass is 398 g/mol. The van der Waals surface area contributed by atoms with E-state index in [2.05, 4.69) is 48.0 Å². The summed E-state index contributed by atoms with van der Waals surface area (Å²) in [5, 5.41) is 0. The molecule has 5 heterocycles. The van der Waals surface area contributed by atoms with Crippen molar-refractivity contribution in [3.8, 4) is 0 Å². The molecule has 28 heavy (non-hydrogen) atoms. The van der Waals surface area contributed by atoms with Gasteiger partial charge >= 0.3 is 5.97 Å². The number of likely N-dealkylation sites (N-methyl/N-ethyl adjacent to an activating group) is 1. The number of benzene rings is 1. The molecule has 4 saturated heterocycles. The van der Waals surface area contributed by atoms with Gasteiger partial charge in [0.05, 0.1) is 23.6 Å². The fourth-order valence-corrected chi connectivity index (χ4v) is 8.37. The minimum absolute atomic E-state index is 0.0598. The third-order valence-corrected chi connectivity index (χ3v) is 9.18. The summed E-state index contributed by atoms with van der Waals surface area (Å²) in [6.45, 7) is 3.15. The molecule has 4 fully saturated rings. The Morgan fingerprint density at radius 3 is 2.89 bits per heavy atom. The van der Waals surface area contributed by atoms with E-state index in [9.17, 15) is 4.79 Å². The molecule has 6 rings (SSSR count). The molecule has 0 amide bonds. The number of carbonyl (C=O) groups excluding carboxylic acids is 1. The van der Waals surface area contributed by atoms with Crippen molar-refractivity contribution in [1.82, 2.24) is 4.90 Å². The number of ether oxygens (including phenoxy) is 2. The van der Waals surface area contributed by atoms with Crippen molar-refractivity contribution in [2.24, 2.45) is 5.41 Å². The lowest BCUT2D eigenvalue weighted by Crippen LogP contribution is -2.71. The van der Waals surface area contributed by atoms with Crippen molar-refractivity contribution < 1.29 is 14.3 Å². The largest absolute Gasteiger partial charge is 0.467 e. The van der Waals surface area contributed by atoms with Gasteiger partial charge in [0.15, 0.2) is 11.3 Å². The fourth-order valence-electron chi connectivity index (χ4n) is 8.05. The van der Waals surface area contributed by atoms with Crippen molar-refractivity contribution in [3.05, 3.63) is 29.8 Å². The third kappa shape index (κ3) is 1.37. The minimum atomic E-state index is -0.947. The number of hydrogen-bond donors (Lipinski definition) is 0. The van der Waals surface area contributed by atoms with Crippen molar-refractivity contribution in [2.75, 3.05) is 25.6 Å². The van der Waals surface area contributed by atoms with Crippen LogP contribution >= 0.6 is 12.2 Å². The fraction of sp³-hybridized carbons (Fsp3) is 0.636. The Balaban J connectivity index is 1.72. The molecule has 0 radical (unpaired) electrons. The molecular weight excluding hydrogens is 372 g/mol. The highest BCUT2D eigenvalue weighted by Gasteiger charge is 2.91. The highest BCUT2D eigenvalue weighted by Crippen LogP contribution is 2.79. The molecule has 0 aliphatic carbocycles. The summed E-state index contributed by atoms with van der Waals surface area (Å²) in [6.07, 6.45) is 4.54. The van der Waals surface area contributed by atoms with E-state index in [0.29, 0.717) is 6.42 Å². The van der Waals surface area contributed by atoms with E-state index in [1.54, 1.807) is 0 Å². The predicted octanol–water partition coefficient (Wildman–Crippen LogP) is 3.01. The Kier molecular flexibility index (Phi) is 3.01. The number of fused-ring (bicyclic) bond motifs is 3. The first-order valence-electron chi connectivity index (χ1n) is 10.4. The van der Waals surface area contributed by atoms with Crippen molar-refractivity contribution in [2.45, 2.75) is 61.8 Å². The number of thiocarbonyl (C=S) groups is 1. The minimum Gasteiger partial charge on any atom is -0.467 e. The first kappa shape index (κ1) is 17.2. The molecule has 0 unspecified atom stereocenters. The molecule has 5 nitrogen and oxygen atoms in total. The molecule has 0 aromatic heterocycles. The Morgan fingerprint density at radius 1 is 1.36 bits per heavy atom. The topological polar surface area (TPSA) is 42.0 Å². The number of hydrogen-bond acceptors (Lipinski definition) is 5. The van der Waals surface area contributed by atoms with Crippen LogP contribution in [0.1, 0.15) is 44.6 Å². The Morgan fingerprint density at radius 2 is 2.14 bits per heavy atom. The Bertz CT molecular complexity index is 936. The highest BCUT2D eigenvalue weighted by atomic mass is 32.1. The zero-order valence-corrected chi connectivity index (χ0v) is 17.5. The van der Waals surface area contributed by atoms with Gasteiger partial charge in [-0.3, -0.25) is 0 Å². The van der Waals surface area contributed by atoms with Crippen LogP contribution in [0.2, 0.25) is 0 Å². The summed E-state index contributed by atoms with van der Waals surface area (Å²) in [4.78, 5) is 19.0. The van der Waals surface area contributed by atoms with Crippen LogP contribution in [0.4, 0.5) is 5.69 Å². The molecule has 5 atom stereocenters. The van der Waals surface area contributed by atoms with E-state index < -0.39 is 11.3 Å². The molecule has 6 heteroatoms. The maximum Gasteiger partial charge on any atom is 0.340 e. The summed E-state index contributed by atoms with van der Waals surface area (Å²) >= 11 is 5.86. The lowest BCUT2D eigenvalue weighted by molar-refractivity contribution is -0.187. The lowest BCUT2D eigenvalue weighted by atomic mass is 9.49. The average Bonchev–Trinajstić information content (AvgIpc) is 3.37. The second kappa shape index (κ2) is 4.90. The van der Waals surface area contributed by atoms with Gasteiger partial charge in [0, 0.05) is 24.7 Å². The Hall–Kier alpha value is -1.66. The summed E-state index contributed by atoms with van der Waals surface area (Å²) in [7, 11) is 3.60. The summed E-state index contributed by atoms with van der Waals surface area (Å²) in [5.74, 6) is -0.228. The van der Waals surface area contributed by atoms with Gasteiger partial charge in [-0.2, -0.15) is 0 Å². The van der Waals surface area contributed by atoms with Gasteiger partial charge in [0.2, 0.25) is 0 Å². The van der Waals surface area contributed by atoms with Crippen molar-refractivity contribution >= 4 is 28.9 Å². The zero-order valence-electron chi connectivity index (χ0n) is 16.7. The molecule has 1 aromatic carbocycles. The maximum absolute atomic E-state index is 13.4. The molecule has 0 saturated carbocycles. The molecule has 5 aliphatic heterocycles. The number of anilines is 1. The van der Waals surface area contributed by atoms with E-state index in [-0.39, 0.29) is 22.8 Å². The summed E-state index contributed by atoms with van der Waals surface area (Å²) in [5.41, 5.74) is 0.688. The molecule has 2 bridgehead atoms. The number of esters is 1. The van der Waals surface area contributed by atoms with E-state index in [1.807, 2.05) is 0 Å². The van der Waals surface area contributed by atoms with Crippen LogP contribution in [-0.2, 0) is 19.7 Å². The van der Waals surface area contributed by atoms with Crippen LogP contribution in [-0.4, -0.2) is 53.9 Å². The molecule has 148 valence electrons. The van der Waals surface area contributed by atoms with Gasteiger partial charge in [0.1, 0.15) is 0 Å². The predicted molar refractivity (Wildman–Crippen MR) is 109 cm³/mol. The Labute approximate surface area is 171 Å². The molecule has 5 aliphatic rings. The first-order valence-corrected chi connectivity index (χ1v) is 10.8. The molecular formula is C22H26N2O3S. The SMILES string of the molecule is CC[C@]12CCC(=S)N3CC[C@]45c6ccccc6N(C)[C@H]4[C@@](C(=O)OC)(C1)O[C@@]325. The normalized spacial score (nSPS) is 44.5. The summed E-state index contributed by atoms with van der Waals surface area (Å²) < 4.78 is 12.5. The molecule has 0 N–H and O–H groups in total. The molecule has 2 spiro atoms. The number of rotatable bonds is 2. The number of para-hydroxylation sites is 1. The number of methoxy groups -OCH3 is 1. The van der Waals surface area contributed by atoms with Crippen LogP contribution < -0.4 is 4.90 Å². The van der Waals surface area contributed by atoms with Gasteiger partial charge in [-0.15, -0.1) is 0 Å². The number of nitrogens with zero attached hydrogens (tertiary/aromatic N) is 2. The maximum atomic E-state index is 13.4. The van der Waals surface area contributed by atoms with Crippen LogP contribution in [0.15, 0.2) is 24.3 Å². The first-order chi connectivity index (χ1) is 13.4. The number of piperidine rings is 1. The standard InChI is InChI=1S/C22H26N2O3S/c1-4-19-10-9-16(28)24-12-11-20-14-7-5-6-8-15(14)23(2)17(20)21(13-19,18(25)26-3)27-22(19,20)24/h5-8,17H,4,9-13H2,1-3H3/t17-,19+,20+,21-,22+/m1/s1. The van der Waals surface area contributed by atoms with Crippen LogP contribution in [0.25, 0.3) is 0 Å². The number of carbonyl (C=O) groups is 1. The van der Waals surface area contributed by atoms with Gasteiger partial charge in [-0.1, -0.05) is 37.3 Å². The smallest absolute Gasteiger partial charge is 0.340 e. The van der Waals surface area contributed by atoms with Gasteiger partial charge < -0.3 is 19.3 Å². The van der Waals surface area contributed by atoms with Gasteiger partial charge in [-0.05, 0) is 43.7 Å². The summed E-state index contributed by atoms with van der Waals surface area (Å²) in [6, 6.07) is 8.58. The van der Waals surface area contributed by atoms with Gasteiger partial charge in [-0.25, -0.2) is 4.79 Å². The second-order valence-electron chi connectivity index (χ2n) is 9.24. The van der Waals surface area contributed by atoms with Crippen LogP contribution in [0, 0.1) is 5.41 Å². The average molecular weight is 399 g/mol. The van der Waals surface area contributed by atoms with E-state index in [0.717, 1.165) is 37.2 Å². The second-order valence-corrected chi connectivity index (χ2v) is 9.71. The van der Waals surface area contributed by atoms with Gasteiger partial charge in [0.25, 0.3) is 0 Å².